The van der Waals surface area contributed by atoms with E-state index < -0.39 is 0 Å². The molecule has 29 heavy (non-hydrogen) atoms. The van der Waals surface area contributed by atoms with E-state index in [9.17, 15) is 9.59 Å². The van der Waals surface area contributed by atoms with Gasteiger partial charge in [0.15, 0.2) is 5.76 Å². The van der Waals surface area contributed by atoms with E-state index in [4.69, 9.17) is 9.15 Å². The van der Waals surface area contributed by atoms with E-state index in [1.165, 1.54) is 0 Å². The molecule has 1 aromatic rings. The first-order chi connectivity index (χ1) is 13.6. The summed E-state index contributed by atoms with van der Waals surface area (Å²) in [5.41, 5.74) is 0.0304. The van der Waals surface area contributed by atoms with Crippen LogP contribution in [-0.4, -0.2) is 63.2 Å². The number of nitrogens with one attached hydrogen (secondary N) is 2. The van der Waals surface area contributed by atoms with E-state index >= 15 is 0 Å². The maximum Gasteiger partial charge on any atom is 0.289 e. The summed E-state index contributed by atoms with van der Waals surface area (Å²) < 4.78 is 11.0. The first kappa shape index (κ1) is 23.7. The van der Waals surface area contributed by atoms with Crippen LogP contribution in [0, 0.1) is 11.3 Å². The molecule has 2 aliphatic heterocycles. The lowest BCUT2D eigenvalue weighted by molar-refractivity contribution is -0.127. The van der Waals surface area contributed by atoms with Crippen molar-refractivity contribution in [3.63, 3.8) is 0 Å². The van der Waals surface area contributed by atoms with Crippen LogP contribution in [0.3, 0.4) is 0 Å². The van der Waals surface area contributed by atoms with Crippen LogP contribution in [-0.2, 0) is 16.0 Å². The number of ether oxygens (including phenoxy) is 1. The van der Waals surface area contributed by atoms with Crippen molar-refractivity contribution < 1.29 is 18.7 Å². The second kappa shape index (κ2) is 11.0. The predicted molar refractivity (Wildman–Crippen MR) is 113 cm³/mol. The zero-order valence-electron chi connectivity index (χ0n) is 17.5. The van der Waals surface area contributed by atoms with Gasteiger partial charge < -0.3 is 24.7 Å². The predicted octanol–water partition coefficient (Wildman–Crippen LogP) is 2.25. The van der Waals surface area contributed by atoms with Gasteiger partial charge in [-0.15, -0.1) is 12.4 Å². The number of amides is 2. The van der Waals surface area contributed by atoms with Gasteiger partial charge in [0.2, 0.25) is 5.91 Å². The maximum absolute atomic E-state index is 12.7. The molecule has 2 aliphatic rings. The quantitative estimate of drug-likeness (QED) is 0.697. The summed E-state index contributed by atoms with van der Waals surface area (Å²) in [7, 11) is 1.72. The highest BCUT2D eigenvalue weighted by Crippen LogP contribution is 2.29. The van der Waals surface area contributed by atoms with Crippen molar-refractivity contribution in [1.82, 2.24) is 15.5 Å². The molecule has 0 spiro atoms. The fourth-order valence-electron chi connectivity index (χ4n) is 4.24. The molecule has 0 aliphatic carbocycles. The lowest BCUT2D eigenvalue weighted by Gasteiger charge is -2.38. The van der Waals surface area contributed by atoms with Crippen molar-refractivity contribution in [1.29, 1.82) is 0 Å². The number of piperidine rings is 2. The number of rotatable bonds is 7. The van der Waals surface area contributed by atoms with E-state index in [2.05, 4.69) is 10.6 Å². The van der Waals surface area contributed by atoms with Crippen LogP contribution in [0.5, 0.6) is 0 Å². The Morgan fingerprint density at radius 2 is 1.97 bits per heavy atom. The smallest absolute Gasteiger partial charge is 0.289 e. The summed E-state index contributed by atoms with van der Waals surface area (Å²) in [6.07, 6.45) is 4.18. The fraction of sp³-hybridized carbons (Fsp3) is 0.714. The van der Waals surface area contributed by atoms with E-state index in [0.29, 0.717) is 44.8 Å². The standard InChI is InChI=1S/C21H33N3O4.ClH/c1-3-17-4-5-18(28-17)20(26)24-12-6-16(7-13-24)19(25)23-14-21(15-27-2)8-10-22-11-9-21;/h4-5,16,22H,3,6-15H2,1-2H3,(H,23,25);1H. The largest absolute Gasteiger partial charge is 0.456 e. The summed E-state index contributed by atoms with van der Waals surface area (Å²) in [6.45, 7) is 6.44. The van der Waals surface area contributed by atoms with Crippen molar-refractivity contribution in [3.05, 3.63) is 23.7 Å². The molecule has 2 saturated heterocycles. The van der Waals surface area contributed by atoms with Gasteiger partial charge in [-0.1, -0.05) is 6.92 Å². The van der Waals surface area contributed by atoms with E-state index in [-0.39, 0.29) is 35.6 Å². The molecular weight excluding hydrogens is 394 g/mol. The molecule has 0 bridgehead atoms. The average Bonchev–Trinajstić information content (AvgIpc) is 3.22. The Labute approximate surface area is 179 Å². The third kappa shape index (κ3) is 5.96. The number of carbonyl (C=O) groups is 2. The molecule has 0 radical (unpaired) electrons. The molecule has 0 aromatic carbocycles. The zero-order chi connectivity index (χ0) is 20.0. The molecule has 7 nitrogen and oxygen atoms in total. The van der Waals surface area contributed by atoms with Crippen LogP contribution in [0.1, 0.15) is 48.9 Å². The van der Waals surface area contributed by atoms with Gasteiger partial charge in [-0.05, 0) is 50.9 Å². The second-order valence-corrected chi connectivity index (χ2v) is 8.09. The molecule has 3 rings (SSSR count). The molecule has 0 atom stereocenters. The minimum Gasteiger partial charge on any atom is -0.456 e. The Morgan fingerprint density at radius 3 is 2.55 bits per heavy atom. The maximum atomic E-state index is 12.7. The van der Waals surface area contributed by atoms with E-state index in [1.54, 1.807) is 18.1 Å². The third-order valence-corrected chi connectivity index (χ3v) is 6.13. The van der Waals surface area contributed by atoms with Gasteiger partial charge in [-0.2, -0.15) is 0 Å². The van der Waals surface area contributed by atoms with Crippen molar-refractivity contribution in [3.8, 4) is 0 Å². The Kier molecular flexibility index (Phi) is 8.99. The van der Waals surface area contributed by atoms with Crippen LogP contribution in [0.4, 0.5) is 0 Å². The van der Waals surface area contributed by atoms with Gasteiger partial charge in [0.1, 0.15) is 5.76 Å². The number of halogens is 1. The Hall–Kier alpha value is -1.57. The number of nitrogens with zero attached hydrogens (tertiary/aromatic N) is 1. The number of aryl methyl sites for hydroxylation is 1. The van der Waals surface area contributed by atoms with Crippen LogP contribution in [0.15, 0.2) is 16.5 Å². The molecule has 3 heterocycles. The van der Waals surface area contributed by atoms with Crippen LogP contribution < -0.4 is 10.6 Å². The summed E-state index contributed by atoms with van der Waals surface area (Å²) in [4.78, 5) is 27.0. The monoisotopic (exact) mass is 427 g/mol. The van der Waals surface area contributed by atoms with Crippen molar-refractivity contribution in [2.45, 2.75) is 39.0 Å². The fourth-order valence-corrected chi connectivity index (χ4v) is 4.24. The minimum atomic E-state index is -0.0766. The van der Waals surface area contributed by atoms with Gasteiger partial charge in [-0.25, -0.2) is 0 Å². The number of methoxy groups -OCH3 is 1. The highest BCUT2D eigenvalue weighted by molar-refractivity contribution is 5.91. The van der Waals surface area contributed by atoms with Gasteiger partial charge >= 0.3 is 0 Å². The Morgan fingerprint density at radius 1 is 1.28 bits per heavy atom. The average molecular weight is 428 g/mol. The molecular formula is C21H34ClN3O4. The lowest BCUT2D eigenvalue weighted by Crippen LogP contribution is -2.49. The molecule has 164 valence electrons. The summed E-state index contributed by atoms with van der Waals surface area (Å²) in [5, 5.41) is 6.54. The van der Waals surface area contributed by atoms with Crippen LogP contribution in [0.25, 0.3) is 0 Å². The highest BCUT2D eigenvalue weighted by Gasteiger charge is 2.34. The minimum absolute atomic E-state index is 0. The van der Waals surface area contributed by atoms with Gasteiger partial charge in [0.05, 0.1) is 6.61 Å². The molecule has 2 amide bonds. The summed E-state index contributed by atoms with van der Waals surface area (Å²) >= 11 is 0. The van der Waals surface area contributed by atoms with Crippen molar-refractivity contribution >= 4 is 24.2 Å². The summed E-state index contributed by atoms with van der Waals surface area (Å²) in [6, 6.07) is 3.60. The highest BCUT2D eigenvalue weighted by atomic mass is 35.5. The van der Waals surface area contributed by atoms with Crippen molar-refractivity contribution in [2.75, 3.05) is 46.4 Å². The number of hydrogen-bond acceptors (Lipinski definition) is 5. The van der Waals surface area contributed by atoms with E-state index in [1.807, 2.05) is 13.0 Å². The number of likely N-dealkylation sites (tertiary alicyclic amines) is 1. The number of hydrogen-bond donors (Lipinski definition) is 2. The first-order valence-corrected chi connectivity index (χ1v) is 10.4. The molecule has 8 heteroatoms. The summed E-state index contributed by atoms with van der Waals surface area (Å²) in [5.74, 6) is 1.21. The first-order valence-electron chi connectivity index (χ1n) is 10.4. The SMILES string of the molecule is CCc1ccc(C(=O)N2CCC(C(=O)NCC3(COC)CCNCC3)CC2)o1.Cl. The topological polar surface area (TPSA) is 83.8 Å². The number of carbonyl (C=O) groups excluding carboxylic acids is 2. The van der Waals surface area contributed by atoms with E-state index in [0.717, 1.165) is 38.1 Å². The molecule has 0 saturated carbocycles. The van der Waals surface area contributed by atoms with Crippen molar-refractivity contribution in [2.24, 2.45) is 11.3 Å². The molecule has 1 aromatic heterocycles. The normalized spacial score (nSPS) is 19.4. The van der Waals surface area contributed by atoms with Crippen LogP contribution in [0.2, 0.25) is 0 Å². The molecule has 0 unspecified atom stereocenters. The Bertz CT molecular complexity index is 659. The lowest BCUT2D eigenvalue weighted by atomic mass is 9.79. The third-order valence-electron chi connectivity index (χ3n) is 6.13. The Balaban J connectivity index is 0.00000300. The van der Waals surface area contributed by atoms with Gasteiger partial charge in [-0.3, -0.25) is 9.59 Å². The van der Waals surface area contributed by atoms with Gasteiger partial charge in [0.25, 0.3) is 5.91 Å². The molecule has 2 N–H and O–H groups in total. The second-order valence-electron chi connectivity index (χ2n) is 8.09. The molecule has 2 fully saturated rings. The van der Waals surface area contributed by atoms with Crippen LogP contribution >= 0.6 is 12.4 Å². The number of furan rings is 1. The van der Waals surface area contributed by atoms with Gasteiger partial charge in [0, 0.05) is 44.5 Å². The zero-order valence-corrected chi connectivity index (χ0v) is 18.3.